The number of benzene rings is 1. The highest BCUT2D eigenvalue weighted by atomic mass is 16.2. The lowest BCUT2D eigenvalue weighted by molar-refractivity contribution is -0.131. The summed E-state index contributed by atoms with van der Waals surface area (Å²) in [6.45, 7) is 4.08. The molecular formula is C20H25N5O3. The van der Waals surface area contributed by atoms with Crippen molar-refractivity contribution in [1.29, 1.82) is 0 Å². The van der Waals surface area contributed by atoms with Crippen LogP contribution in [0.5, 0.6) is 0 Å². The van der Waals surface area contributed by atoms with Crippen LogP contribution in [0.2, 0.25) is 0 Å². The average molecular weight is 383 g/mol. The number of fused-ring (bicyclic) bond motifs is 1. The Morgan fingerprint density at radius 3 is 2.36 bits per heavy atom. The molecule has 0 unspecified atom stereocenters. The van der Waals surface area contributed by atoms with Gasteiger partial charge in [0.1, 0.15) is 0 Å². The van der Waals surface area contributed by atoms with E-state index in [1.807, 2.05) is 18.2 Å². The third kappa shape index (κ3) is 2.44. The van der Waals surface area contributed by atoms with Gasteiger partial charge in [0, 0.05) is 38.4 Å². The summed E-state index contributed by atoms with van der Waals surface area (Å²) in [5.41, 5.74) is 2.40. The summed E-state index contributed by atoms with van der Waals surface area (Å²) in [6, 6.07) is 5.75. The van der Waals surface area contributed by atoms with Gasteiger partial charge in [0.05, 0.1) is 16.7 Å². The van der Waals surface area contributed by atoms with Crippen molar-refractivity contribution in [1.82, 2.24) is 14.6 Å². The Morgan fingerprint density at radius 1 is 1.00 bits per heavy atom. The first-order valence-corrected chi connectivity index (χ1v) is 10.0. The van der Waals surface area contributed by atoms with Gasteiger partial charge in [0.25, 0.3) is 0 Å². The minimum absolute atomic E-state index is 0.289. The SMILES string of the molecule is Cn1c(=O)n(N2C(=O)CCCC2=O)c2cccc(N3CC4(CCNCC4)C3)c21. The van der Waals surface area contributed by atoms with E-state index >= 15 is 0 Å². The maximum atomic E-state index is 13.0. The van der Waals surface area contributed by atoms with Crippen molar-refractivity contribution >= 4 is 28.5 Å². The van der Waals surface area contributed by atoms with E-state index < -0.39 is 0 Å². The summed E-state index contributed by atoms with van der Waals surface area (Å²) in [7, 11) is 1.71. The summed E-state index contributed by atoms with van der Waals surface area (Å²) in [5, 5.41) is 4.46. The minimum atomic E-state index is -0.358. The van der Waals surface area contributed by atoms with Crippen LogP contribution in [0.15, 0.2) is 23.0 Å². The van der Waals surface area contributed by atoms with Crippen molar-refractivity contribution in [2.45, 2.75) is 32.1 Å². The van der Waals surface area contributed by atoms with Crippen LogP contribution >= 0.6 is 0 Å². The van der Waals surface area contributed by atoms with Gasteiger partial charge in [-0.15, -0.1) is 0 Å². The summed E-state index contributed by atoms with van der Waals surface area (Å²) < 4.78 is 2.83. The first-order chi connectivity index (χ1) is 13.5. The Morgan fingerprint density at radius 2 is 1.68 bits per heavy atom. The molecule has 8 heteroatoms. The smallest absolute Gasteiger partial charge is 0.348 e. The quantitative estimate of drug-likeness (QED) is 0.773. The van der Waals surface area contributed by atoms with Crippen LogP contribution in [0.1, 0.15) is 32.1 Å². The zero-order valence-electron chi connectivity index (χ0n) is 16.1. The highest BCUT2D eigenvalue weighted by Crippen LogP contribution is 2.42. The summed E-state index contributed by atoms with van der Waals surface area (Å²) in [4.78, 5) is 40.2. The lowest BCUT2D eigenvalue weighted by Crippen LogP contribution is -2.60. The number of imide groups is 1. The number of aryl methyl sites for hydroxylation is 1. The monoisotopic (exact) mass is 383 g/mol. The van der Waals surface area contributed by atoms with Crippen molar-refractivity contribution < 1.29 is 9.59 Å². The fourth-order valence-electron chi connectivity index (χ4n) is 5.00. The maximum Gasteiger partial charge on any atom is 0.348 e. The molecular weight excluding hydrogens is 358 g/mol. The molecule has 1 spiro atoms. The molecule has 8 nitrogen and oxygen atoms in total. The van der Waals surface area contributed by atoms with E-state index in [9.17, 15) is 14.4 Å². The number of nitrogens with one attached hydrogen (secondary N) is 1. The molecule has 1 N–H and O–H groups in total. The molecule has 5 rings (SSSR count). The van der Waals surface area contributed by atoms with Crippen molar-refractivity contribution in [2.24, 2.45) is 12.5 Å². The van der Waals surface area contributed by atoms with Crippen LogP contribution in [0.3, 0.4) is 0 Å². The van der Waals surface area contributed by atoms with Gasteiger partial charge in [-0.3, -0.25) is 14.2 Å². The van der Waals surface area contributed by atoms with Crippen molar-refractivity contribution in [3.05, 3.63) is 28.7 Å². The van der Waals surface area contributed by atoms with Crippen molar-refractivity contribution in [3.63, 3.8) is 0 Å². The Balaban J connectivity index is 1.58. The average Bonchev–Trinajstić information content (AvgIpc) is 2.92. The molecule has 3 saturated heterocycles. The predicted molar refractivity (Wildman–Crippen MR) is 106 cm³/mol. The standard InChI is InChI=1S/C20H25N5O3/c1-22-18-14(23-12-20(13-23)8-10-21-11-9-20)4-2-5-15(18)24(19(22)28)25-16(26)6-3-7-17(25)27/h2,4-5,21H,3,6-13H2,1H3. The zero-order valence-corrected chi connectivity index (χ0v) is 16.1. The molecule has 0 aliphatic carbocycles. The number of hydrogen-bond donors (Lipinski definition) is 1. The lowest BCUT2D eigenvalue weighted by atomic mass is 9.72. The van der Waals surface area contributed by atoms with Gasteiger partial charge in [-0.25, -0.2) is 4.79 Å². The molecule has 0 bridgehead atoms. The zero-order chi connectivity index (χ0) is 19.5. The second-order valence-corrected chi connectivity index (χ2v) is 8.36. The van der Waals surface area contributed by atoms with Gasteiger partial charge in [0.15, 0.2) is 0 Å². The highest BCUT2D eigenvalue weighted by molar-refractivity contribution is 6.11. The van der Waals surface area contributed by atoms with Crippen LogP contribution in [0.4, 0.5) is 5.69 Å². The third-order valence-corrected chi connectivity index (χ3v) is 6.54. The molecule has 0 atom stereocenters. The highest BCUT2D eigenvalue weighted by Gasteiger charge is 2.44. The van der Waals surface area contributed by atoms with Crippen LogP contribution in [-0.2, 0) is 16.6 Å². The molecule has 1 aromatic carbocycles. The number of imidazole rings is 1. The number of piperidine rings is 2. The van der Waals surface area contributed by atoms with Crippen LogP contribution in [-0.4, -0.2) is 47.2 Å². The summed E-state index contributed by atoms with van der Waals surface area (Å²) in [5.74, 6) is -0.622. The normalized spacial score (nSPS) is 22.2. The van der Waals surface area contributed by atoms with Crippen LogP contribution in [0.25, 0.3) is 11.0 Å². The van der Waals surface area contributed by atoms with E-state index in [0.717, 1.165) is 42.4 Å². The van der Waals surface area contributed by atoms with E-state index in [1.54, 1.807) is 11.6 Å². The van der Waals surface area contributed by atoms with Crippen molar-refractivity contribution in [2.75, 3.05) is 36.1 Å². The van der Waals surface area contributed by atoms with E-state index in [2.05, 4.69) is 10.2 Å². The molecule has 0 saturated carbocycles. The molecule has 3 aliphatic rings. The fraction of sp³-hybridized carbons (Fsp3) is 0.550. The maximum absolute atomic E-state index is 13.0. The molecule has 0 radical (unpaired) electrons. The first kappa shape index (κ1) is 17.5. The molecule has 2 amide bonds. The predicted octanol–water partition coefficient (Wildman–Crippen LogP) is 0.705. The largest absolute Gasteiger partial charge is 0.369 e. The number of hydrogen-bond acceptors (Lipinski definition) is 5. The third-order valence-electron chi connectivity index (χ3n) is 6.54. The minimum Gasteiger partial charge on any atom is -0.369 e. The van der Waals surface area contributed by atoms with Crippen molar-refractivity contribution in [3.8, 4) is 0 Å². The molecule has 148 valence electrons. The molecule has 1 aromatic heterocycles. The second-order valence-electron chi connectivity index (χ2n) is 8.36. The van der Waals surface area contributed by atoms with E-state index in [-0.39, 0.29) is 30.3 Å². The van der Waals surface area contributed by atoms with Gasteiger partial charge in [-0.05, 0) is 44.5 Å². The lowest BCUT2D eigenvalue weighted by Gasteiger charge is -2.53. The second kappa shape index (κ2) is 6.20. The molecule has 3 fully saturated rings. The number of amides is 2. The van der Waals surface area contributed by atoms with Crippen LogP contribution < -0.4 is 20.9 Å². The Labute approximate surface area is 162 Å². The van der Waals surface area contributed by atoms with E-state index in [4.69, 9.17) is 0 Å². The number of carbonyl (C=O) groups is 2. The topological polar surface area (TPSA) is 79.6 Å². The number of anilines is 1. The Kier molecular flexibility index (Phi) is 3.87. The van der Waals surface area contributed by atoms with Gasteiger partial charge in [0.2, 0.25) is 11.8 Å². The Bertz CT molecular complexity index is 1010. The van der Waals surface area contributed by atoms with Gasteiger partial charge < -0.3 is 10.2 Å². The van der Waals surface area contributed by atoms with Gasteiger partial charge in [-0.2, -0.15) is 9.69 Å². The first-order valence-electron chi connectivity index (χ1n) is 10.0. The number of carbonyl (C=O) groups excluding carboxylic acids is 2. The molecule has 4 heterocycles. The summed E-state index contributed by atoms with van der Waals surface area (Å²) in [6.07, 6.45) is 3.48. The van der Waals surface area contributed by atoms with E-state index in [0.29, 0.717) is 17.4 Å². The van der Waals surface area contributed by atoms with Gasteiger partial charge in [-0.1, -0.05) is 6.07 Å². The van der Waals surface area contributed by atoms with Gasteiger partial charge >= 0.3 is 5.69 Å². The number of rotatable bonds is 2. The number of para-hydroxylation sites is 1. The van der Waals surface area contributed by atoms with Crippen LogP contribution in [0, 0.1) is 5.41 Å². The van der Waals surface area contributed by atoms with E-state index in [1.165, 1.54) is 17.5 Å². The Hall–Kier alpha value is -2.61. The number of nitrogens with zero attached hydrogens (tertiary/aromatic N) is 4. The molecule has 3 aliphatic heterocycles. The molecule has 2 aromatic rings. The molecule has 28 heavy (non-hydrogen) atoms. The summed E-state index contributed by atoms with van der Waals surface area (Å²) >= 11 is 0. The fourth-order valence-corrected chi connectivity index (χ4v) is 5.00. The number of aromatic nitrogens is 2.